The predicted octanol–water partition coefficient (Wildman–Crippen LogP) is 2.95. The fraction of sp³-hybridized carbons (Fsp3) is 0.550. The molecule has 0 radical (unpaired) electrons. The molecular formula is C20H27N5. The highest BCUT2D eigenvalue weighted by Crippen LogP contribution is 2.33. The van der Waals surface area contributed by atoms with E-state index >= 15 is 0 Å². The first-order chi connectivity index (χ1) is 12.2. The summed E-state index contributed by atoms with van der Waals surface area (Å²) in [5, 5.41) is 0. The maximum Gasteiger partial charge on any atom is 0.163 e. The summed E-state index contributed by atoms with van der Waals surface area (Å²) in [6.45, 7) is 10.1. The highest BCUT2D eigenvalue weighted by Gasteiger charge is 2.32. The lowest BCUT2D eigenvalue weighted by atomic mass is 10.1. The Bertz CT molecular complexity index is 733. The highest BCUT2D eigenvalue weighted by molar-refractivity contribution is 5.61. The Hall–Kier alpha value is -2.01. The molecule has 0 aromatic carbocycles. The number of hydrogen-bond donors (Lipinski definition) is 0. The molecule has 0 N–H and O–H groups in total. The van der Waals surface area contributed by atoms with Gasteiger partial charge in [-0.1, -0.05) is 6.92 Å². The van der Waals surface area contributed by atoms with Gasteiger partial charge in [-0.2, -0.15) is 0 Å². The van der Waals surface area contributed by atoms with Crippen molar-refractivity contribution < 1.29 is 0 Å². The monoisotopic (exact) mass is 337 g/mol. The van der Waals surface area contributed by atoms with Crippen LogP contribution in [-0.2, 0) is 12.8 Å². The van der Waals surface area contributed by atoms with E-state index in [0.717, 1.165) is 49.7 Å². The molecule has 2 atom stereocenters. The van der Waals surface area contributed by atoms with E-state index in [9.17, 15) is 0 Å². The van der Waals surface area contributed by atoms with Crippen LogP contribution >= 0.6 is 0 Å². The van der Waals surface area contributed by atoms with Gasteiger partial charge in [-0.05, 0) is 51.8 Å². The van der Waals surface area contributed by atoms with Gasteiger partial charge in [0.1, 0.15) is 5.82 Å². The van der Waals surface area contributed by atoms with Crippen molar-refractivity contribution in [3.8, 4) is 11.4 Å². The number of piperazine rings is 1. The molecule has 0 amide bonds. The molecule has 132 valence electrons. The van der Waals surface area contributed by atoms with E-state index in [1.165, 1.54) is 17.7 Å². The number of hydrogen-bond acceptors (Lipinski definition) is 5. The smallest absolute Gasteiger partial charge is 0.163 e. The molecule has 0 bridgehead atoms. The zero-order valence-corrected chi connectivity index (χ0v) is 15.4. The second-order valence-corrected chi connectivity index (χ2v) is 7.32. The van der Waals surface area contributed by atoms with Crippen molar-refractivity contribution in [2.75, 3.05) is 24.5 Å². The molecule has 4 rings (SSSR count). The molecule has 2 aromatic heterocycles. The molecule has 3 heterocycles. The average Bonchev–Trinajstić information content (AvgIpc) is 3.10. The number of anilines is 1. The minimum atomic E-state index is 0.544. The van der Waals surface area contributed by atoms with Gasteiger partial charge in [0, 0.05) is 54.4 Å². The highest BCUT2D eigenvalue weighted by atomic mass is 15.3. The van der Waals surface area contributed by atoms with Gasteiger partial charge in [-0.15, -0.1) is 0 Å². The van der Waals surface area contributed by atoms with Gasteiger partial charge >= 0.3 is 0 Å². The van der Waals surface area contributed by atoms with Crippen LogP contribution in [-0.4, -0.2) is 51.6 Å². The summed E-state index contributed by atoms with van der Waals surface area (Å²) in [5.41, 5.74) is 3.62. The van der Waals surface area contributed by atoms with Gasteiger partial charge in [0.05, 0.1) is 0 Å². The third kappa shape index (κ3) is 3.01. The first-order valence-electron chi connectivity index (χ1n) is 9.48. The molecule has 5 nitrogen and oxygen atoms in total. The van der Waals surface area contributed by atoms with Crippen molar-refractivity contribution in [1.82, 2.24) is 19.9 Å². The van der Waals surface area contributed by atoms with E-state index in [0.29, 0.717) is 12.1 Å². The number of fused-ring (bicyclic) bond motifs is 1. The number of rotatable bonds is 3. The van der Waals surface area contributed by atoms with E-state index in [4.69, 9.17) is 9.97 Å². The lowest BCUT2D eigenvalue weighted by Crippen LogP contribution is -2.57. The number of pyridine rings is 1. The predicted molar refractivity (Wildman–Crippen MR) is 101 cm³/mol. The Morgan fingerprint density at radius 1 is 1.12 bits per heavy atom. The molecular weight excluding hydrogens is 310 g/mol. The van der Waals surface area contributed by atoms with Crippen molar-refractivity contribution in [3.05, 3.63) is 35.8 Å². The van der Waals surface area contributed by atoms with Gasteiger partial charge in [-0.3, -0.25) is 9.88 Å². The molecule has 25 heavy (non-hydrogen) atoms. The molecule has 1 fully saturated rings. The molecule has 0 spiro atoms. The number of likely N-dealkylation sites (N-methyl/N-ethyl adjacent to an activating group) is 1. The Morgan fingerprint density at radius 2 is 1.92 bits per heavy atom. The van der Waals surface area contributed by atoms with E-state index < -0.39 is 0 Å². The van der Waals surface area contributed by atoms with Gasteiger partial charge in [-0.25, -0.2) is 9.97 Å². The van der Waals surface area contributed by atoms with Crippen molar-refractivity contribution in [2.24, 2.45) is 0 Å². The Kier molecular flexibility index (Phi) is 4.42. The zero-order valence-electron chi connectivity index (χ0n) is 15.4. The Labute approximate surface area is 150 Å². The number of aryl methyl sites for hydroxylation is 1. The Balaban J connectivity index is 1.73. The maximum absolute atomic E-state index is 5.01. The molecule has 1 saturated heterocycles. The van der Waals surface area contributed by atoms with E-state index in [1.54, 1.807) is 6.20 Å². The first kappa shape index (κ1) is 16.5. The van der Waals surface area contributed by atoms with E-state index in [1.807, 2.05) is 18.3 Å². The van der Waals surface area contributed by atoms with Crippen molar-refractivity contribution in [1.29, 1.82) is 0 Å². The topological polar surface area (TPSA) is 45.2 Å². The van der Waals surface area contributed by atoms with E-state index in [-0.39, 0.29) is 0 Å². The van der Waals surface area contributed by atoms with Crippen LogP contribution in [0.5, 0.6) is 0 Å². The van der Waals surface area contributed by atoms with Crippen LogP contribution in [0.3, 0.4) is 0 Å². The van der Waals surface area contributed by atoms with Gasteiger partial charge in [0.2, 0.25) is 0 Å². The maximum atomic E-state index is 5.01. The average molecular weight is 337 g/mol. The van der Waals surface area contributed by atoms with Crippen LogP contribution in [0.4, 0.5) is 5.82 Å². The minimum Gasteiger partial charge on any atom is -0.353 e. The molecule has 0 saturated carbocycles. The summed E-state index contributed by atoms with van der Waals surface area (Å²) in [4.78, 5) is 19.2. The fourth-order valence-corrected chi connectivity index (χ4v) is 4.45. The van der Waals surface area contributed by atoms with Gasteiger partial charge < -0.3 is 4.90 Å². The van der Waals surface area contributed by atoms with Crippen LogP contribution in [0.1, 0.15) is 38.4 Å². The number of nitrogens with zero attached hydrogens (tertiary/aromatic N) is 5. The molecule has 0 unspecified atom stereocenters. The quantitative estimate of drug-likeness (QED) is 0.862. The normalized spacial score (nSPS) is 23.7. The van der Waals surface area contributed by atoms with Crippen molar-refractivity contribution in [3.63, 3.8) is 0 Å². The minimum absolute atomic E-state index is 0.544. The summed E-state index contributed by atoms with van der Waals surface area (Å²) < 4.78 is 0. The lowest BCUT2D eigenvalue weighted by Gasteiger charge is -2.45. The molecule has 2 aliphatic rings. The van der Waals surface area contributed by atoms with Gasteiger partial charge in [0.25, 0.3) is 0 Å². The molecule has 5 heteroatoms. The summed E-state index contributed by atoms with van der Waals surface area (Å²) in [6, 6.07) is 5.09. The van der Waals surface area contributed by atoms with Gasteiger partial charge in [0.15, 0.2) is 5.82 Å². The summed E-state index contributed by atoms with van der Waals surface area (Å²) in [7, 11) is 0. The second-order valence-electron chi connectivity index (χ2n) is 7.32. The first-order valence-corrected chi connectivity index (χ1v) is 9.48. The largest absolute Gasteiger partial charge is 0.353 e. The van der Waals surface area contributed by atoms with Crippen molar-refractivity contribution >= 4 is 5.82 Å². The number of aromatic nitrogens is 3. The zero-order chi connectivity index (χ0) is 17.4. The molecule has 2 aromatic rings. The van der Waals surface area contributed by atoms with Crippen LogP contribution in [0.25, 0.3) is 11.4 Å². The molecule has 1 aliphatic carbocycles. The standard InChI is InChI=1S/C20H27N5/c1-4-25-14(2)12-24(13-15(25)3)20-17-8-5-9-18(17)22-19(23-20)16-7-6-10-21-11-16/h6-7,10-11,14-15H,4-5,8-9,12-13H2,1-3H3/t14-,15+. The fourth-order valence-electron chi connectivity index (χ4n) is 4.45. The van der Waals surface area contributed by atoms with Crippen LogP contribution < -0.4 is 4.90 Å². The van der Waals surface area contributed by atoms with Crippen LogP contribution in [0.2, 0.25) is 0 Å². The Morgan fingerprint density at radius 3 is 2.60 bits per heavy atom. The second kappa shape index (κ2) is 6.71. The SMILES string of the molecule is CCN1[C@H](C)CN(c2nc(-c3cccnc3)nc3c2CCC3)C[C@@H]1C. The third-order valence-corrected chi connectivity index (χ3v) is 5.60. The van der Waals surface area contributed by atoms with Crippen LogP contribution in [0.15, 0.2) is 24.5 Å². The van der Waals surface area contributed by atoms with Crippen LogP contribution in [0, 0.1) is 0 Å². The van der Waals surface area contributed by atoms with Crippen molar-refractivity contribution in [2.45, 2.75) is 52.1 Å². The summed E-state index contributed by atoms with van der Waals surface area (Å²) >= 11 is 0. The lowest BCUT2D eigenvalue weighted by molar-refractivity contribution is 0.139. The molecule has 1 aliphatic heterocycles. The summed E-state index contributed by atoms with van der Waals surface area (Å²) in [6.07, 6.45) is 7.02. The summed E-state index contributed by atoms with van der Waals surface area (Å²) in [5.74, 6) is 1.98. The van der Waals surface area contributed by atoms with E-state index in [2.05, 4.69) is 35.6 Å². The third-order valence-electron chi connectivity index (χ3n) is 5.60.